The van der Waals surface area contributed by atoms with Crippen LogP contribution in [0.4, 0.5) is 0 Å². The molecule has 0 radical (unpaired) electrons. The molecule has 1 amide bonds. The predicted octanol–water partition coefficient (Wildman–Crippen LogP) is 2.90. The van der Waals surface area contributed by atoms with Crippen LogP contribution in [0.25, 0.3) is 0 Å². The van der Waals surface area contributed by atoms with Gasteiger partial charge in [0.25, 0.3) is 0 Å². The van der Waals surface area contributed by atoms with Crippen molar-refractivity contribution < 1.29 is 19.7 Å². The summed E-state index contributed by atoms with van der Waals surface area (Å²) in [6.07, 6.45) is 2.70. The Morgan fingerprint density at radius 3 is 2.72 bits per heavy atom. The third-order valence-electron chi connectivity index (χ3n) is 5.51. The quantitative estimate of drug-likeness (QED) is 0.502. The SMILES string of the molecule is CC(=O)NC(Cc1ccc(O)cn1)C(O)CNC1CCOc2ccc(CC(C)(C)C)cc21. The van der Waals surface area contributed by atoms with E-state index in [0.29, 0.717) is 25.3 Å². The molecule has 174 valence electrons. The second kappa shape index (κ2) is 10.3. The summed E-state index contributed by atoms with van der Waals surface area (Å²) in [5, 5.41) is 26.6. The molecule has 2 heterocycles. The summed E-state index contributed by atoms with van der Waals surface area (Å²) in [6, 6.07) is 9.18. The van der Waals surface area contributed by atoms with Gasteiger partial charge in [0.1, 0.15) is 11.5 Å². The van der Waals surface area contributed by atoms with Gasteiger partial charge in [-0.25, -0.2) is 0 Å². The van der Waals surface area contributed by atoms with Crippen LogP contribution in [-0.2, 0) is 17.6 Å². The first-order valence-corrected chi connectivity index (χ1v) is 11.2. The molecule has 1 aliphatic heterocycles. The summed E-state index contributed by atoms with van der Waals surface area (Å²) in [5.41, 5.74) is 3.26. The molecule has 7 nitrogen and oxygen atoms in total. The lowest BCUT2D eigenvalue weighted by atomic mass is 9.86. The number of nitrogens with zero attached hydrogens (tertiary/aromatic N) is 1. The van der Waals surface area contributed by atoms with Crippen LogP contribution in [0, 0.1) is 5.41 Å². The summed E-state index contributed by atoms with van der Waals surface area (Å²) in [4.78, 5) is 15.9. The van der Waals surface area contributed by atoms with E-state index < -0.39 is 12.1 Å². The van der Waals surface area contributed by atoms with Gasteiger partial charge in [0.05, 0.1) is 24.9 Å². The Balaban J connectivity index is 1.68. The average Bonchev–Trinajstić information content (AvgIpc) is 2.71. The molecule has 4 N–H and O–H groups in total. The van der Waals surface area contributed by atoms with Gasteiger partial charge < -0.3 is 25.6 Å². The van der Waals surface area contributed by atoms with Gasteiger partial charge in [-0.1, -0.05) is 32.9 Å². The van der Waals surface area contributed by atoms with Crippen LogP contribution in [0.5, 0.6) is 11.5 Å². The third-order valence-corrected chi connectivity index (χ3v) is 5.51. The van der Waals surface area contributed by atoms with Crippen molar-refractivity contribution in [2.45, 2.75) is 65.1 Å². The maximum absolute atomic E-state index is 11.7. The second-order valence-electron chi connectivity index (χ2n) is 9.79. The molecule has 1 aromatic heterocycles. The largest absolute Gasteiger partial charge is 0.506 e. The lowest BCUT2D eigenvalue weighted by molar-refractivity contribution is -0.120. The maximum atomic E-state index is 11.7. The Hall–Kier alpha value is -2.64. The van der Waals surface area contributed by atoms with E-state index in [1.54, 1.807) is 12.1 Å². The van der Waals surface area contributed by atoms with Crippen molar-refractivity contribution in [3.05, 3.63) is 53.3 Å². The lowest BCUT2D eigenvalue weighted by Gasteiger charge is -2.30. The van der Waals surface area contributed by atoms with Crippen molar-refractivity contribution in [1.29, 1.82) is 0 Å². The Labute approximate surface area is 190 Å². The molecule has 3 atom stereocenters. The molecule has 0 saturated carbocycles. The molecule has 0 fully saturated rings. The standard InChI is InChI=1S/C25H35N3O4/c1-16(29)28-22(12-18-6-7-19(30)14-26-18)23(31)15-27-21-9-10-32-24-8-5-17(11-20(21)24)13-25(2,3)4/h5-8,11,14,21-23,27,30-31H,9-10,12-13,15H2,1-4H3,(H,28,29). The Morgan fingerprint density at radius 1 is 1.28 bits per heavy atom. The molecule has 0 bridgehead atoms. The highest BCUT2D eigenvalue weighted by Gasteiger charge is 2.26. The first-order valence-electron chi connectivity index (χ1n) is 11.2. The van der Waals surface area contributed by atoms with E-state index in [0.717, 1.165) is 24.2 Å². The van der Waals surface area contributed by atoms with Crippen molar-refractivity contribution in [2.24, 2.45) is 5.41 Å². The number of rotatable bonds is 8. The molecule has 3 rings (SSSR count). The molecular formula is C25H35N3O4. The highest BCUT2D eigenvalue weighted by Crippen LogP contribution is 2.34. The molecule has 0 aliphatic carbocycles. The number of hydrogen-bond acceptors (Lipinski definition) is 6. The average molecular weight is 442 g/mol. The number of benzene rings is 1. The monoisotopic (exact) mass is 441 g/mol. The molecule has 2 aromatic rings. The van der Waals surface area contributed by atoms with Crippen molar-refractivity contribution in [3.63, 3.8) is 0 Å². The van der Waals surface area contributed by atoms with Crippen LogP contribution in [0.1, 0.15) is 57.0 Å². The zero-order valence-corrected chi connectivity index (χ0v) is 19.4. The van der Waals surface area contributed by atoms with Crippen molar-refractivity contribution in [3.8, 4) is 11.5 Å². The van der Waals surface area contributed by atoms with Gasteiger partial charge >= 0.3 is 0 Å². The number of pyridine rings is 1. The van der Waals surface area contributed by atoms with Crippen LogP contribution in [-0.4, -0.2) is 46.4 Å². The maximum Gasteiger partial charge on any atom is 0.217 e. The molecule has 0 saturated heterocycles. The fraction of sp³-hybridized carbons (Fsp3) is 0.520. The number of aliphatic hydroxyl groups excluding tert-OH is 1. The van der Waals surface area contributed by atoms with Crippen LogP contribution < -0.4 is 15.4 Å². The predicted molar refractivity (Wildman–Crippen MR) is 124 cm³/mol. The summed E-state index contributed by atoms with van der Waals surface area (Å²) in [6.45, 7) is 9.03. The second-order valence-corrected chi connectivity index (χ2v) is 9.79. The first kappa shape index (κ1) is 24.0. The summed E-state index contributed by atoms with van der Waals surface area (Å²) in [7, 11) is 0. The van der Waals surface area contributed by atoms with Gasteiger partial charge in [0.15, 0.2) is 0 Å². The van der Waals surface area contributed by atoms with E-state index in [2.05, 4.69) is 48.5 Å². The summed E-state index contributed by atoms with van der Waals surface area (Å²) >= 11 is 0. The number of fused-ring (bicyclic) bond motifs is 1. The van der Waals surface area contributed by atoms with Gasteiger partial charge in [-0.05, 0) is 35.6 Å². The van der Waals surface area contributed by atoms with Gasteiger partial charge in [-0.3, -0.25) is 9.78 Å². The van der Waals surface area contributed by atoms with Gasteiger partial charge in [0.2, 0.25) is 5.91 Å². The molecule has 1 aromatic carbocycles. The minimum atomic E-state index is -0.807. The number of carbonyl (C=O) groups excluding carboxylic acids is 1. The minimum Gasteiger partial charge on any atom is -0.506 e. The molecule has 1 aliphatic rings. The number of aliphatic hydroxyl groups is 1. The topological polar surface area (TPSA) is 104 Å². The summed E-state index contributed by atoms with van der Waals surface area (Å²) < 4.78 is 5.85. The van der Waals surface area contributed by atoms with E-state index in [9.17, 15) is 15.0 Å². The zero-order valence-electron chi connectivity index (χ0n) is 19.4. The third kappa shape index (κ3) is 6.93. The number of aromatic nitrogens is 1. The number of aromatic hydroxyl groups is 1. The van der Waals surface area contributed by atoms with E-state index in [4.69, 9.17) is 4.74 Å². The molecule has 7 heteroatoms. The highest BCUT2D eigenvalue weighted by atomic mass is 16.5. The lowest BCUT2D eigenvalue weighted by Crippen LogP contribution is -2.49. The van der Waals surface area contributed by atoms with Crippen LogP contribution >= 0.6 is 0 Å². The molecular weight excluding hydrogens is 406 g/mol. The van der Waals surface area contributed by atoms with Crippen LogP contribution in [0.2, 0.25) is 0 Å². The van der Waals surface area contributed by atoms with E-state index >= 15 is 0 Å². The smallest absolute Gasteiger partial charge is 0.217 e. The first-order chi connectivity index (χ1) is 15.1. The van der Waals surface area contributed by atoms with E-state index in [1.807, 2.05) is 6.07 Å². The molecule has 32 heavy (non-hydrogen) atoms. The van der Waals surface area contributed by atoms with E-state index in [-0.39, 0.29) is 23.1 Å². The van der Waals surface area contributed by atoms with Gasteiger partial charge in [0, 0.05) is 43.6 Å². The number of amides is 1. The Kier molecular flexibility index (Phi) is 7.74. The van der Waals surface area contributed by atoms with Crippen molar-refractivity contribution in [2.75, 3.05) is 13.2 Å². The zero-order chi connectivity index (χ0) is 23.3. The Bertz CT molecular complexity index is 908. The fourth-order valence-corrected chi connectivity index (χ4v) is 4.09. The number of carbonyl (C=O) groups is 1. The summed E-state index contributed by atoms with van der Waals surface area (Å²) in [5.74, 6) is 0.750. The Morgan fingerprint density at radius 2 is 2.06 bits per heavy atom. The van der Waals surface area contributed by atoms with Gasteiger partial charge in [-0.15, -0.1) is 0 Å². The van der Waals surface area contributed by atoms with Crippen LogP contribution in [0.3, 0.4) is 0 Å². The number of hydrogen-bond donors (Lipinski definition) is 4. The van der Waals surface area contributed by atoms with Crippen LogP contribution in [0.15, 0.2) is 36.5 Å². The minimum absolute atomic E-state index is 0.0677. The molecule has 3 unspecified atom stereocenters. The highest BCUT2D eigenvalue weighted by molar-refractivity contribution is 5.73. The number of nitrogens with one attached hydrogen (secondary N) is 2. The molecule has 0 spiro atoms. The fourth-order valence-electron chi connectivity index (χ4n) is 4.09. The number of ether oxygens (including phenoxy) is 1. The normalized spacial score (nSPS) is 17.7. The van der Waals surface area contributed by atoms with Crippen molar-refractivity contribution in [1.82, 2.24) is 15.6 Å². The van der Waals surface area contributed by atoms with Crippen molar-refractivity contribution >= 4 is 5.91 Å². The van der Waals surface area contributed by atoms with Gasteiger partial charge in [-0.2, -0.15) is 0 Å². The van der Waals surface area contributed by atoms with E-state index in [1.165, 1.54) is 18.7 Å².